The van der Waals surface area contributed by atoms with Gasteiger partial charge >= 0.3 is 0 Å². The highest BCUT2D eigenvalue weighted by molar-refractivity contribution is 7.09. The Kier molecular flexibility index (Phi) is 4.44. The molecule has 0 radical (unpaired) electrons. The predicted molar refractivity (Wildman–Crippen MR) is 64.4 cm³/mol. The summed E-state index contributed by atoms with van der Waals surface area (Å²) in [6.07, 6.45) is 0. The van der Waals surface area contributed by atoms with Gasteiger partial charge in [-0.2, -0.15) is 0 Å². The minimum absolute atomic E-state index is 0.0899. The maximum Gasteiger partial charge on any atom is 0.246 e. The smallest absolute Gasteiger partial charge is 0.246 e. The van der Waals surface area contributed by atoms with E-state index in [1.54, 1.807) is 11.3 Å². The number of nitrogens with zero attached hydrogens (tertiary/aromatic N) is 1. The summed E-state index contributed by atoms with van der Waals surface area (Å²) in [6.45, 7) is 8.26. The monoisotopic (exact) mass is 242 g/mol. The summed E-state index contributed by atoms with van der Waals surface area (Å²) in [7, 11) is 0. The topological polar surface area (TPSA) is 51.2 Å². The van der Waals surface area contributed by atoms with Crippen LogP contribution < -0.4 is 5.32 Å². The van der Waals surface area contributed by atoms with Crippen LogP contribution in [0, 0.1) is 6.92 Å². The first-order chi connectivity index (χ1) is 7.37. The van der Waals surface area contributed by atoms with Crippen LogP contribution in [0.5, 0.6) is 0 Å². The SMILES string of the molecule is Cc1nc(CNC(=O)COC(C)(C)C)cs1. The van der Waals surface area contributed by atoms with E-state index in [-0.39, 0.29) is 18.1 Å². The van der Waals surface area contributed by atoms with Crippen LogP contribution >= 0.6 is 11.3 Å². The minimum atomic E-state index is -0.283. The molecule has 5 heteroatoms. The molecule has 0 saturated heterocycles. The van der Waals surface area contributed by atoms with Crippen LogP contribution in [0.25, 0.3) is 0 Å². The van der Waals surface area contributed by atoms with Crippen molar-refractivity contribution in [2.45, 2.75) is 39.8 Å². The molecule has 1 aromatic heterocycles. The molecule has 0 bridgehead atoms. The average molecular weight is 242 g/mol. The van der Waals surface area contributed by atoms with Crippen LogP contribution in [0.15, 0.2) is 5.38 Å². The van der Waals surface area contributed by atoms with Gasteiger partial charge < -0.3 is 10.1 Å². The Morgan fingerprint density at radius 2 is 2.25 bits per heavy atom. The molecule has 0 spiro atoms. The molecule has 1 aromatic rings. The van der Waals surface area contributed by atoms with Crippen LogP contribution in [-0.4, -0.2) is 23.1 Å². The van der Waals surface area contributed by atoms with E-state index >= 15 is 0 Å². The summed E-state index contributed by atoms with van der Waals surface area (Å²) in [5.74, 6) is -0.111. The van der Waals surface area contributed by atoms with E-state index in [1.807, 2.05) is 33.1 Å². The van der Waals surface area contributed by atoms with E-state index < -0.39 is 0 Å². The van der Waals surface area contributed by atoms with E-state index in [9.17, 15) is 4.79 Å². The number of ether oxygens (including phenoxy) is 1. The molecule has 1 amide bonds. The molecule has 0 atom stereocenters. The highest BCUT2D eigenvalue weighted by Gasteiger charge is 2.12. The Balaban J connectivity index is 2.25. The number of nitrogens with one attached hydrogen (secondary N) is 1. The van der Waals surface area contributed by atoms with E-state index in [0.717, 1.165) is 10.7 Å². The summed E-state index contributed by atoms with van der Waals surface area (Å²) in [5, 5.41) is 5.72. The quantitative estimate of drug-likeness (QED) is 0.877. The van der Waals surface area contributed by atoms with Gasteiger partial charge in [-0.15, -0.1) is 11.3 Å². The molecule has 0 aliphatic heterocycles. The van der Waals surface area contributed by atoms with Gasteiger partial charge in [0.25, 0.3) is 0 Å². The summed E-state index contributed by atoms with van der Waals surface area (Å²) < 4.78 is 5.35. The lowest BCUT2D eigenvalue weighted by Gasteiger charge is -2.18. The van der Waals surface area contributed by atoms with Crippen molar-refractivity contribution in [2.75, 3.05) is 6.61 Å². The van der Waals surface area contributed by atoms with Crippen molar-refractivity contribution in [3.8, 4) is 0 Å². The molecule has 0 unspecified atom stereocenters. The van der Waals surface area contributed by atoms with Crippen molar-refractivity contribution >= 4 is 17.2 Å². The minimum Gasteiger partial charge on any atom is -0.366 e. The fourth-order valence-electron chi connectivity index (χ4n) is 1.01. The molecule has 0 aliphatic carbocycles. The molecule has 0 aliphatic rings. The van der Waals surface area contributed by atoms with Gasteiger partial charge in [0.05, 0.1) is 22.8 Å². The fourth-order valence-corrected chi connectivity index (χ4v) is 1.62. The number of thiazole rings is 1. The Bertz CT molecular complexity index is 355. The van der Waals surface area contributed by atoms with E-state index in [1.165, 1.54) is 0 Å². The first kappa shape index (κ1) is 13.1. The van der Waals surface area contributed by atoms with Crippen LogP contribution in [0.2, 0.25) is 0 Å². The molecule has 0 fully saturated rings. The van der Waals surface area contributed by atoms with Crippen molar-refractivity contribution < 1.29 is 9.53 Å². The fraction of sp³-hybridized carbons (Fsp3) is 0.636. The van der Waals surface area contributed by atoms with Gasteiger partial charge in [-0.3, -0.25) is 4.79 Å². The largest absolute Gasteiger partial charge is 0.366 e. The molecular weight excluding hydrogens is 224 g/mol. The molecule has 1 heterocycles. The molecular formula is C11H18N2O2S. The summed E-state index contributed by atoms with van der Waals surface area (Å²) in [4.78, 5) is 15.7. The summed E-state index contributed by atoms with van der Waals surface area (Å²) >= 11 is 1.58. The maximum absolute atomic E-state index is 11.4. The van der Waals surface area contributed by atoms with Gasteiger partial charge in [0, 0.05) is 5.38 Å². The van der Waals surface area contributed by atoms with Gasteiger partial charge in [-0.1, -0.05) is 0 Å². The third-order valence-corrected chi connectivity index (χ3v) is 2.59. The molecule has 0 aromatic carbocycles. The second-order valence-corrected chi connectivity index (χ2v) is 5.60. The molecule has 90 valence electrons. The number of aromatic nitrogens is 1. The third kappa shape index (κ3) is 5.23. The zero-order chi connectivity index (χ0) is 12.2. The van der Waals surface area contributed by atoms with Crippen molar-refractivity contribution in [3.63, 3.8) is 0 Å². The summed E-state index contributed by atoms with van der Waals surface area (Å²) in [6, 6.07) is 0. The Morgan fingerprint density at radius 1 is 1.56 bits per heavy atom. The Morgan fingerprint density at radius 3 is 2.75 bits per heavy atom. The van der Waals surface area contributed by atoms with Gasteiger partial charge in [0.1, 0.15) is 6.61 Å². The van der Waals surface area contributed by atoms with Crippen molar-refractivity contribution in [1.29, 1.82) is 0 Å². The van der Waals surface area contributed by atoms with Gasteiger partial charge in [-0.05, 0) is 27.7 Å². The van der Waals surface area contributed by atoms with Crippen LogP contribution in [0.3, 0.4) is 0 Å². The molecule has 1 rings (SSSR count). The molecule has 1 N–H and O–H groups in total. The predicted octanol–water partition coefficient (Wildman–Crippen LogP) is 1.88. The molecule has 4 nitrogen and oxygen atoms in total. The van der Waals surface area contributed by atoms with Gasteiger partial charge in [-0.25, -0.2) is 4.98 Å². The van der Waals surface area contributed by atoms with E-state index in [4.69, 9.17) is 4.74 Å². The highest BCUT2D eigenvalue weighted by atomic mass is 32.1. The first-order valence-electron chi connectivity index (χ1n) is 5.18. The maximum atomic E-state index is 11.4. The molecule has 0 saturated carbocycles. The average Bonchev–Trinajstić information content (AvgIpc) is 2.57. The number of aryl methyl sites for hydroxylation is 1. The van der Waals surface area contributed by atoms with E-state index in [0.29, 0.717) is 6.54 Å². The zero-order valence-corrected chi connectivity index (χ0v) is 11.0. The second kappa shape index (κ2) is 5.41. The first-order valence-corrected chi connectivity index (χ1v) is 6.06. The van der Waals surface area contributed by atoms with Crippen LogP contribution in [-0.2, 0) is 16.1 Å². The number of hydrogen-bond acceptors (Lipinski definition) is 4. The van der Waals surface area contributed by atoms with Gasteiger partial charge in [0.2, 0.25) is 5.91 Å². The molecule has 16 heavy (non-hydrogen) atoms. The number of rotatable bonds is 4. The lowest BCUT2D eigenvalue weighted by Crippen LogP contribution is -2.31. The Labute approximate surface area is 100 Å². The summed E-state index contributed by atoms with van der Waals surface area (Å²) in [5.41, 5.74) is 0.612. The van der Waals surface area contributed by atoms with E-state index in [2.05, 4.69) is 10.3 Å². The lowest BCUT2D eigenvalue weighted by molar-refractivity contribution is -0.130. The second-order valence-electron chi connectivity index (χ2n) is 4.54. The van der Waals surface area contributed by atoms with Crippen molar-refractivity contribution in [2.24, 2.45) is 0 Å². The number of carbonyl (C=O) groups excluding carboxylic acids is 1. The zero-order valence-electron chi connectivity index (χ0n) is 10.2. The normalized spacial score (nSPS) is 11.5. The van der Waals surface area contributed by atoms with Crippen LogP contribution in [0.1, 0.15) is 31.5 Å². The standard InChI is InChI=1S/C11H18N2O2S/c1-8-13-9(7-16-8)5-12-10(14)6-15-11(2,3)4/h7H,5-6H2,1-4H3,(H,12,14). The highest BCUT2D eigenvalue weighted by Crippen LogP contribution is 2.08. The number of carbonyl (C=O) groups is 1. The lowest BCUT2D eigenvalue weighted by atomic mass is 10.2. The Hall–Kier alpha value is -0.940. The van der Waals surface area contributed by atoms with Crippen molar-refractivity contribution in [1.82, 2.24) is 10.3 Å². The van der Waals surface area contributed by atoms with Gasteiger partial charge in [0.15, 0.2) is 0 Å². The van der Waals surface area contributed by atoms with Crippen molar-refractivity contribution in [3.05, 3.63) is 16.1 Å². The van der Waals surface area contributed by atoms with Crippen LogP contribution in [0.4, 0.5) is 0 Å². The number of hydrogen-bond donors (Lipinski definition) is 1. The number of amides is 1. The third-order valence-electron chi connectivity index (χ3n) is 1.77.